The van der Waals surface area contributed by atoms with Gasteiger partial charge in [0.1, 0.15) is 11.5 Å². The molecule has 0 heterocycles. The first-order valence-electron chi connectivity index (χ1n) is 6.26. The second kappa shape index (κ2) is 6.90. The van der Waals surface area contributed by atoms with E-state index >= 15 is 0 Å². The van der Waals surface area contributed by atoms with Crippen LogP contribution in [-0.4, -0.2) is 23.0 Å². The van der Waals surface area contributed by atoms with E-state index in [1.54, 1.807) is 55.6 Å². The third-order valence-corrected chi connectivity index (χ3v) is 4.06. The Kier molecular flexibility index (Phi) is 4.94. The molecule has 0 spiro atoms. The number of nitrogens with two attached hydrogens (primary N) is 1. The molecule has 110 valence electrons. The van der Waals surface area contributed by atoms with Gasteiger partial charge in [0.15, 0.2) is 0 Å². The van der Waals surface area contributed by atoms with E-state index in [0.717, 1.165) is 0 Å². The van der Waals surface area contributed by atoms with Gasteiger partial charge in [0.25, 0.3) is 0 Å². The SMILES string of the molecule is COc1ccc(NC(=O)CS(=O)c2cccc(N)c2)cc1. The molecule has 21 heavy (non-hydrogen) atoms. The van der Waals surface area contributed by atoms with Crippen molar-refractivity contribution in [2.75, 3.05) is 23.9 Å². The van der Waals surface area contributed by atoms with E-state index in [1.807, 2.05) is 0 Å². The van der Waals surface area contributed by atoms with Crippen LogP contribution in [0.15, 0.2) is 53.4 Å². The number of nitrogens with one attached hydrogen (secondary N) is 1. The maximum absolute atomic E-state index is 12.1. The highest BCUT2D eigenvalue weighted by molar-refractivity contribution is 7.85. The number of hydrogen-bond donors (Lipinski definition) is 2. The molecule has 0 bridgehead atoms. The van der Waals surface area contributed by atoms with Crippen molar-refractivity contribution >= 4 is 28.1 Å². The van der Waals surface area contributed by atoms with Crippen LogP contribution in [0, 0.1) is 0 Å². The summed E-state index contributed by atoms with van der Waals surface area (Å²) in [6, 6.07) is 13.6. The highest BCUT2D eigenvalue weighted by Gasteiger charge is 2.10. The van der Waals surface area contributed by atoms with Crippen LogP contribution >= 0.6 is 0 Å². The second-order valence-electron chi connectivity index (χ2n) is 4.34. The van der Waals surface area contributed by atoms with Gasteiger partial charge in [-0.05, 0) is 42.5 Å². The molecular formula is C15H16N2O3S. The molecular weight excluding hydrogens is 288 g/mol. The Hall–Kier alpha value is -2.34. The van der Waals surface area contributed by atoms with Crippen molar-refractivity contribution in [1.82, 2.24) is 0 Å². The number of nitrogen functional groups attached to an aromatic ring is 1. The fraction of sp³-hybridized carbons (Fsp3) is 0.133. The first kappa shape index (κ1) is 15.1. The normalized spacial score (nSPS) is 11.7. The molecule has 0 aliphatic heterocycles. The molecule has 5 nitrogen and oxygen atoms in total. The van der Waals surface area contributed by atoms with E-state index in [9.17, 15) is 9.00 Å². The number of carbonyl (C=O) groups excluding carboxylic acids is 1. The maximum atomic E-state index is 12.1. The zero-order chi connectivity index (χ0) is 15.2. The maximum Gasteiger partial charge on any atom is 0.237 e. The Morgan fingerprint density at radius 1 is 1.24 bits per heavy atom. The lowest BCUT2D eigenvalue weighted by Crippen LogP contribution is -2.19. The summed E-state index contributed by atoms with van der Waals surface area (Å²) < 4.78 is 17.1. The van der Waals surface area contributed by atoms with Crippen LogP contribution < -0.4 is 15.8 Å². The molecule has 0 aliphatic carbocycles. The molecule has 2 rings (SSSR count). The molecule has 0 saturated carbocycles. The van der Waals surface area contributed by atoms with Crippen molar-refractivity contribution in [3.05, 3.63) is 48.5 Å². The van der Waals surface area contributed by atoms with Gasteiger partial charge < -0.3 is 15.8 Å². The van der Waals surface area contributed by atoms with Crippen molar-refractivity contribution in [2.24, 2.45) is 0 Å². The van der Waals surface area contributed by atoms with Gasteiger partial charge >= 0.3 is 0 Å². The molecule has 0 aliphatic rings. The molecule has 6 heteroatoms. The van der Waals surface area contributed by atoms with Crippen molar-refractivity contribution in [1.29, 1.82) is 0 Å². The minimum Gasteiger partial charge on any atom is -0.497 e. The molecule has 1 atom stereocenters. The number of methoxy groups -OCH3 is 1. The number of benzene rings is 2. The molecule has 1 unspecified atom stereocenters. The predicted molar refractivity (Wildman–Crippen MR) is 83.8 cm³/mol. The summed E-state index contributed by atoms with van der Waals surface area (Å²) in [7, 11) is 0.152. The summed E-state index contributed by atoms with van der Waals surface area (Å²) in [5, 5.41) is 2.69. The van der Waals surface area contributed by atoms with Crippen LogP contribution in [0.4, 0.5) is 11.4 Å². The van der Waals surface area contributed by atoms with Gasteiger partial charge in [-0.25, -0.2) is 0 Å². The molecule has 0 aromatic heterocycles. The van der Waals surface area contributed by atoms with Crippen LogP contribution in [0.5, 0.6) is 5.75 Å². The van der Waals surface area contributed by atoms with Gasteiger partial charge in [-0.1, -0.05) is 6.07 Å². The predicted octanol–water partition coefficient (Wildman–Crippen LogP) is 2.02. The fourth-order valence-electron chi connectivity index (χ4n) is 1.73. The third-order valence-electron chi connectivity index (χ3n) is 2.76. The monoisotopic (exact) mass is 304 g/mol. The van der Waals surface area contributed by atoms with Crippen LogP contribution in [0.25, 0.3) is 0 Å². The summed E-state index contributed by atoms with van der Waals surface area (Å²) in [5.74, 6) is 0.271. The van der Waals surface area contributed by atoms with Crippen molar-refractivity contribution in [2.45, 2.75) is 4.90 Å². The van der Waals surface area contributed by atoms with E-state index in [2.05, 4.69) is 5.32 Å². The largest absolute Gasteiger partial charge is 0.497 e. The number of rotatable bonds is 5. The first-order valence-corrected chi connectivity index (χ1v) is 7.58. The molecule has 2 aromatic rings. The molecule has 3 N–H and O–H groups in total. The summed E-state index contributed by atoms with van der Waals surface area (Å²) in [5.41, 5.74) is 6.79. The van der Waals surface area contributed by atoms with Crippen molar-refractivity contribution in [3.8, 4) is 5.75 Å². The Morgan fingerprint density at radius 2 is 1.95 bits per heavy atom. The average Bonchev–Trinajstić information content (AvgIpc) is 2.48. The minimum atomic E-state index is -1.42. The number of anilines is 2. The summed E-state index contributed by atoms with van der Waals surface area (Å²) in [6.07, 6.45) is 0. The Labute approximate surface area is 125 Å². The Balaban J connectivity index is 1.96. The van der Waals surface area contributed by atoms with Gasteiger partial charge in [-0.15, -0.1) is 0 Å². The van der Waals surface area contributed by atoms with Crippen LogP contribution in [0.2, 0.25) is 0 Å². The molecule has 0 saturated heterocycles. The quantitative estimate of drug-likeness (QED) is 0.828. The Bertz CT molecular complexity index is 656. The van der Waals surface area contributed by atoms with Crippen molar-refractivity contribution in [3.63, 3.8) is 0 Å². The highest BCUT2D eigenvalue weighted by atomic mass is 32.2. The van der Waals surface area contributed by atoms with Crippen LogP contribution in [-0.2, 0) is 15.6 Å². The molecule has 1 amide bonds. The zero-order valence-electron chi connectivity index (χ0n) is 11.5. The van der Waals surface area contributed by atoms with Gasteiger partial charge in [0.2, 0.25) is 5.91 Å². The topological polar surface area (TPSA) is 81.4 Å². The molecule has 2 aromatic carbocycles. The highest BCUT2D eigenvalue weighted by Crippen LogP contribution is 2.15. The lowest BCUT2D eigenvalue weighted by molar-refractivity contribution is -0.113. The van der Waals surface area contributed by atoms with Gasteiger partial charge in [-0.2, -0.15) is 0 Å². The van der Waals surface area contributed by atoms with Gasteiger partial charge in [0.05, 0.1) is 17.9 Å². The molecule has 0 radical (unpaired) electrons. The van der Waals surface area contributed by atoms with Gasteiger partial charge in [-0.3, -0.25) is 9.00 Å². The molecule has 0 fully saturated rings. The van der Waals surface area contributed by atoms with E-state index < -0.39 is 10.8 Å². The summed E-state index contributed by atoms with van der Waals surface area (Å²) in [4.78, 5) is 12.4. The summed E-state index contributed by atoms with van der Waals surface area (Å²) >= 11 is 0. The zero-order valence-corrected chi connectivity index (χ0v) is 12.4. The van der Waals surface area contributed by atoms with E-state index in [-0.39, 0.29) is 11.7 Å². The standard InChI is InChI=1S/C15H16N2O3S/c1-20-13-7-5-12(6-8-13)17-15(18)10-21(19)14-4-2-3-11(16)9-14/h2-9H,10,16H2,1H3,(H,17,18). The van der Waals surface area contributed by atoms with Gasteiger partial charge in [0, 0.05) is 16.3 Å². The fourth-order valence-corrected chi connectivity index (χ4v) is 2.70. The number of amides is 1. The average molecular weight is 304 g/mol. The number of ether oxygens (including phenoxy) is 1. The lowest BCUT2D eigenvalue weighted by atomic mass is 10.3. The van der Waals surface area contributed by atoms with E-state index in [1.165, 1.54) is 0 Å². The minimum absolute atomic E-state index is 0.116. The van der Waals surface area contributed by atoms with Crippen molar-refractivity contribution < 1.29 is 13.7 Å². The van der Waals surface area contributed by atoms with Crippen LogP contribution in [0.3, 0.4) is 0 Å². The van der Waals surface area contributed by atoms with E-state index in [0.29, 0.717) is 22.0 Å². The second-order valence-corrected chi connectivity index (χ2v) is 5.79. The van der Waals surface area contributed by atoms with E-state index in [4.69, 9.17) is 10.5 Å². The first-order chi connectivity index (χ1) is 10.1. The number of carbonyl (C=O) groups is 1. The number of hydrogen-bond acceptors (Lipinski definition) is 4. The lowest BCUT2D eigenvalue weighted by Gasteiger charge is -2.07. The van der Waals surface area contributed by atoms with Crippen LogP contribution in [0.1, 0.15) is 0 Å². The summed E-state index contributed by atoms with van der Waals surface area (Å²) in [6.45, 7) is 0. The third kappa shape index (κ3) is 4.32. The Morgan fingerprint density at radius 3 is 2.57 bits per heavy atom. The smallest absolute Gasteiger partial charge is 0.237 e.